The maximum atomic E-state index is 11.8. The molecule has 4 nitrogen and oxygen atoms in total. The predicted molar refractivity (Wildman–Crippen MR) is 108 cm³/mol. The quantitative estimate of drug-likeness (QED) is 0.198. The van der Waals surface area contributed by atoms with Gasteiger partial charge in [-0.2, -0.15) is 0 Å². The summed E-state index contributed by atoms with van der Waals surface area (Å²) in [5, 5.41) is 0. The van der Waals surface area contributed by atoms with E-state index in [1.165, 1.54) is 18.9 Å². The minimum Gasteiger partial charge on any atom is -0.493 e. The van der Waals surface area contributed by atoms with Crippen LogP contribution < -0.4 is 9.47 Å². The summed E-state index contributed by atoms with van der Waals surface area (Å²) in [7, 11) is 1.54. The summed E-state index contributed by atoms with van der Waals surface area (Å²) in [6, 6.07) is 13.0. The first-order valence-electron chi connectivity index (χ1n) is 7.49. The van der Waals surface area contributed by atoms with Crippen LogP contribution in [0.3, 0.4) is 0 Å². The number of rotatable bonds is 8. The monoisotopic (exact) mass is 419 g/mol. The maximum absolute atomic E-state index is 11.8. The van der Waals surface area contributed by atoms with Crippen LogP contribution in [0.5, 0.6) is 11.5 Å². The second-order valence-electron chi connectivity index (χ2n) is 4.93. The summed E-state index contributed by atoms with van der Waals surface area (Å²) < 4.78 is 11.6. The number of thioether (sulfide) groups is 1. The molecule has 0 atom stereocenters. The largest absolute Gasteiger partial charge is 0.493 e. The lowest BCUT2D eigenvalue weighted by Crippen LogP contribution is -2.11. The highest BCUT2D eigenvalue weighted by molar-refractivity contribution is 9.10. The molecule has 0 saturated heterocycles. The molecular weight excluding hydrogens is 402 g/mol. The van der Waals surface area contributed by atoms with Crippen molar-refractivity contribution in [3.05, 3.63) is 65.2 Å². The third kappa shape index (κ3) is 6.40. The van der Waals surface area contributed by atoms with Crippen LogP contribution in [0.1, 0.15) is 5.56 Å². The Labute approximate surface area is 160 Å². The fourth-order valence-electron chi connectivity index (χ4n) is 1.93. The van der Waals surface area contributed by atoms with E-state index in [1.54, 1.807) is 24.4 Å². The molecule has 0 spiro atoms. The molecule has 0 fully saturated rings. The van der Waals surface area contributed by atoms with E-state index in [2.05, 4.69) is 27.5 Å². The van der Waals surface area contributed by atoms with Crippen LogP contribution in [-0.2, 0) is 4.79 Å². The van der Waals surface area contributed by atoms with Gasteiger partial charge in [0.2, 0.25) is 0 Å². The molecule has 0 saturated carbocycles. The standard InChI is InChI=1S/C19H18BrNO3S/c1-3-9-25-13-19(22)24-17-8-7-14(10-18(17)23-2)12-21-16-6-4-5-15(20)11-16/h3-8,10-12H,1,9,13H2,2H3. The summed E-state index contributed by atoms with van der Waals surface area (Å²) in [6.07, 6.45) is 3.48. The number of carbonyl (C=O) groups is 1. The zero-order valence-corrected chi connectivity index (χ0v) is 16.2. The first-order valence-corrected chi connectivity index (χ1v) is 9.44. The van der Waals surface area contributed by atoms with E-state index < -0.39 is 0 Å². The van der Waals surface area contributed by atoms with Crippen LogP contribution in [0, 0.1) is 0 Å². The van der Waals surface area contributed by atoms with Crippen molar-refractivity contribution in [2.24, 2.45) is 4.99 Å². The molecule has 0 N–H and O–H groups in total. The van der Waals surface area contributed by atoms with Gasteiger partial charge in [-0.1, -0.05) is 28.1 Å². The molecule has 0 bridgehead atoms. The minimum atomic E-state index is -0.319. The Morgan fingerprint density at radius 3 is 2.84 bits per heavy atom. The number of hydrogen-bond donors (Lipinski definition) is 0. The average Bonchev–Trinajstić information content (AvgIpc) is 2.61. The van der Waals surface area contributed by atoms with Crippen LogP contribution in [-0.4, -0.2) is 30.8 Å². The van der Waals surface area contributed by atoms with E-state index in [0.717, 1.165) is 15.7 Å². The number of hydrogen-bond acceptors (Lipinski definition) is 5. The first-order chi connectivity index (χ1) is 12.1. The number of benzene rings is 2. The molecule has 0 aliphatic heterocycles. The average molecular weight is 420 g/mol. The number of ether oxygens (including phenoxy) is 2. The first kappa shape index (κ1) is 19.3. The SMILES string of the molecule is C=CCSCC(=O)Oc1ccc(C=Nc2cccc(Br)c2)cc1OC. The lowest BCUT2D eigenvalue weighted by atomic mass is 10.2. The van der Waals surface area contributed by atoms with Gasteiger partial charge in [0, 0.05) is 16.4 Å². The smallest absolute Gasteiger partial charge is 0.321 e. The van der Waals surface area contributed by atoms with E-state index in [-0.39, 0.29) is 11.7 Å². The second-order valence-corrected chi connectivity index (χ2v) is 6.87. The van der Waals surface area contributed by atoms with Crippen molar-refractivity contribution < 1.29 is 14.3 Å². The Morgan fingerprint density at radius 1 is 1.28 bits per heavy atom. The van der Waals surface area contributed by atoms with Gasteiger partial charge in [0.25, 0.3) is 0 Å². The van der Waals surface area contributed by atoms with Crippen LogP contribution in [0.4, 0.5) is 5.69 Å². The summed E-state index contributed by atoms with van der Waals surface area (Å²) in [5.41, 5.74) is 1.68. The molecular formula is C19H18BrNO3S. The Kier molecular flexibility index (Phi) is 7.76. The van der Waals surface area contributed by atoms with Crippen molar-refractivity contribution in [3.63, 3.8) is 0 Å². The van der Waals surface area contributed by atoms with E-state index in [9.17, 15) is 4.79 Å². The van der Waals surface area contributed by atoms with E-state index in [1.807, 2.05) is 30.3 Å². The molecule has 0 radical (unpaired) electrons. The van der Waals surface area contributed by atoms with Crippen LogP contribution in [0.25, 0.3) is 0 Å². The zero-order chi connectivity index (χ0) is 18.1. The summed E-state index contributed by atoms with van der Waals surface area (Å²) in [6.45, 7) is 3.61. The Bertz CT molecular complexity index is 777. The lowest BCUT2D eigenvalue weighted by molar-refractivity contribution is -0.131. The number of methoxy groups -OCH3 is 1. The van der Waals surface area contributed by atoms with Crippen LogP contribution in [0.15, 0.2) is 64.6 Å². The van der Waals surface area contributed by atoms with Gasteiger partial charge in [-0.15, -0.1) is 18.3 Å². The topological polar surface area (TPSA) is 47.9 Å². The fourth-order valence-corrected chi connectivity index (χ4v) is 2.83. The van der Waals surface area contributed by atoms with Gasteiger partial charge in [0.05, 0.1) is 18.6 Å². The third-order valence-corrected chi connectivity index (χ3v) is 4.44. The van der Waals surface area contributed by atoms with Crippen LogP contribution >= 0.6 is 27.7 Å². The van der Waals surface area contributed by atoms with Crippen molar-refractivity contribution >= 4 is 45.6 Å². The Balaban J connectivity index is 2.07. The third-order valence-electron chi connectivity index (χ3n) is 3.04. The number of aliphatic imine (C=N–C) groups is 1. The van der Waals surface area contributed by atoms with Gasteiger partial charge >= 0.3 is 5.97 Å². The Hall–Kier alpha value is -2.05. The Morgan fingerprint density at radius 2 is 2.12 bits per heavy atom. The number of nitrogens with zero attached hydrogens (tertiary/aromatic N) is 1. The number of esters is 1. The molecule has 0 aliphatic rings. The zero-order valence-electron chi connectivity index (χ0n) is 13.8. The van der Waals surface area contributed by atoms with E-state index in [0.29, 0.717) is 17.3 Å². The highest BCUT2D eigenvalue weighted by Gasteiger charge is 2.10. The van der Waals surface area contributed by atoms with E-state index in [4.69, 9.17) is 9.47 Å². The van der Waals surface area contributed by atoms with Gasteiger partial charge in [-0.25, -0.2) is 0 Å². The fraction of sp³-hybridized carbons (Fsp3) is 0.158. The highest BCUT2D eigenvalue weighted by atomic mass is 79.9. The molecule has 0 amide bonds. The van der Waals surface area contributed by atoms with Gasteiger partial charge in [-0.3, -0.25) is 9.79 Å². The normalized spacial score (nSPS) is 10.6. The molecule has 6 heteroatoms. The van der Waals surface area contributed by atoms with Crippen molar-refractivity contribution in [2.75, 3.05) is 18.6 Å². The summed E-state index contributed by atoms with van der Waals surface area (Å²) >= 11 is 4.86. The molecule has 0 aromatic heterocycles. The maximum Gasteiger partial charge on any atom is 0.321 e. The predicted octanol–water partition coefficient (Wildman–Crippen LogP) is 5.03. The lowest BCUT2D eigenvalue weighted by Gasteiger charge is -2.09. The molecule has 2 aromatic carbocycles. The molecule has 25 heavy (non-hydrogen) atoms. The van der Waals surface area contributed by atoms with Crippen molar-refractivity contribution in [3.8, 4) is 11.5 Å². The molecule has 2 rings (SSSR count). The number of halogens is 1. The van der Waals surface area contributed by atoms with Gasteiger partial charge in [0.15, 0.2) is 11.5 Å². The van der Waals surface area contributed by atoms with Gasteiger partial charge in [0.1, 0.15) is 0 Å². The molecule has 0 heterocycles. The molecule has 0 unspecified atom stereocenters. The highest BCUT2D eigenvalue weighted by Crippen LogP contribution is 2.28. The molecule has 2 aromatic rings. The molecule has 0 aliphatic carbocycles. The van der Waals surface area contributed by atoms with E-state index >= 15 is 0 Å². The van der Waals surface area contributed by atoms with Crippen molar-refractivity contribution in [2.45, 2.75) is 0 Å². The second kappa shape index (κ2) is 10.1. The van der Waals surface area contributed by atoms with Crippen molar-refractivity contribution in [1.29, 1.82) is 0 Å². The van der Waals surface area contributed by atoms with Gasteiger partial charge < -0.3 is 9.47 Å². The summed E-state index contributed by atoms with van der Waals surface area (Å²) in [5.74, 6) is 1.53. The minimum absolute atomic E-state index is 0.265. The number of carbonyl (C=O) groups excluding carboxylic acids is 1. The molecule has 130 valence electrons. The summed E-state index contributed by atoms with van der Waals surface area (Å²) in [4.78, 5) is 16.2. The van der Waals surface area contributed by atoms with Gasteiger partial charge in [-0.05, 0) is 42.0 Å². The van der Waals surface area contributed by atoms with Crippen molar-refractivity contribution in [1.82, 2.24) is 0 Å². The van der Waals surface area contributed by atoms with Crippen LogP contribution in [0.2, 0.25) is 0 Å².